The van der Waals surface area contributed by atoms with Crippen LogP contribution in [0.25, 0.3) is 0 Å². The minimum Gasteiger partial charge on any atom is -0.357 e. The molecule has 6 heteroatoms. The highest BCUT2D eigenvalue weighted by atomic mass is 35.5. The van der Waals surface area contributed by atoms with Gasteiger partial charge in [-0.3, -0.25) is 0 Å². The first-order valence-corrected chi connectivity index (χ1v) is 6.98. The summed E-state index contributed by atoms with van der Waals surface area (Å²) in [6.45, 7) is 3.75. The largest absolute Gasteiger partial charge is 0.357 e. The molecule has 2 aromatic rings. The van der Waals surface area contributed by atoms with E-state index in [1.165, 1.54) is 4.88 Å². The summed E-state index contributed by atoms with van der Waals surface area (Å²) >= 11 is 7.91. The van der Waals surface area contributed by atoms with Gasteiger partial charge in [0, 0.05) is 18.5 Å². The Labute approximate surface area is 116 Å². The van der Waals surface area contributed by atoms with Crippen LogP contribution < -0.4 is 10.2 Å². The van der Waals surface area contributed by atoms with E-state index in [1.54, 1.807) is 24.6 Å². The SMILES string of the molecule is CCN(Cc1cccs1)c1nc(NC)ncc1Cl. The number of halogens is 1. The molecule has 1 N–H and O–H groups in total. The first-order valence-electron chi connectivity index (χ1n) is 5.72. The van der Waals surface area contributed by atoms with E-state index >= 15 is 0 Å². The number of hydrogen-bond acceptors (Lipinski definition) is 5. The van der Waals surface area contributed by atoms with Crippen LogP contribution in [0, 0.1) is 0 Å². The molecule has 0 aliphatic heterocycles. The van der Waals surface area contributed by atoms with Gasteiger partial charge in [0.05, 0.1) is 12.7 Å². The molecule has 18 heavy (non-hydrogen) atoms. The lowest BCUT2D eigenvalue weighted by molar-refractivity contribution is 0.820. The molecular formula is C12H15ClN4S. The number of nitrogens with zero attached hydrogens (tertiary/aromatic N) is 3. The van der Waals surface area contributed by atoms with Crippen molar-refractivity contribution in [1.82, 2.24) is 9.97 Å². The van der Waals surface area contributed by atoms with E-state index in [0.717, 1.165) is 18.9 Å². The van der Waals surface area contributed by atoms with E-state index in [2.05, 4.69) is 44.6 Å². The van der Waals surface area contributed by atoms with Gasteiger partial charge < -0.3 is 10.2 Å². The Balaban J connectivity index is 2.26. The van der Waals surface area contributed by atoms with Gasteiger partial charge in [-0.05, 0) is 18.4 Å². The average Bonchev–Trinajstić information content (AvgIpc) is 2.90. The summed E-state index contributed by atoms with van der Waals surface area (Å²) in [6, 6.07) is 4.16. The Morgan fingerprint density at radius 2 is 2.33 bits per heavy atom. The molecule has 0 unspecified atom stereocenters. The van der Waals surface area contributed by atoms with Gasteiger partial charge in [0.25, 0.3) is 0 Å². The number of aromatic nitrogens is 2. The fraction of sp³-hybridized carbons (Fsp3) is 0.333. The zero-order valence-corrected chi connectivity index (χ0v) is 11.9. The van der Waals surface area contributed by atoms with Gasteiger partial charge in [-0.15, -0.1) is 11.3 Å². The van der Waals surface area contributed by atoms with Gasteiger partial charge >= 0.3 is 0 Å². The van der Waals surface area contributed by atoms with Crippen LogP contribution in [0.5, 0.6) is 0 Å². The lowest BCUT2D eigenvalue weighted by Gasteiger charge is -2.22. The van der Waals surface area contributed by atoms with E-state index in [1.807, 2.05) is 0 Å². The summed E-state index contributed by atoms with van der Waals surface area (Å²) in [5, 5.41) is 5.58. The van der Waals surface area contributed by atoms with Gasteiger partial charge in [-0.1, -0.05) is 17.7 Å². The molecule has 96 valence electrons. The first kappa shape index (κ1) is 13.1. The molecule has 2 aromatic heterocycles. The van der Waals surface area contributed by atoms with Crippen molar-refractivity contribution in [3.63, 3.8) is 0 Å². The molecule has 0 aliphatic rings. The second-order valence-electron chi connectivity index (χ2n) is 3.71. The molecule has 0 aliphatic carbocycles. The number of anilines is 2. The molecule has 0 aromatic carbocycles. The molecule has 0 amide bonds. The maximum Gasteiger partial charge on any atom is 0.224 e. The van der Waals surface area contributed by atoms with Crippen LogP contribution in [0.15, 0.2) is 23.7 Å². The summed E-state index contributed by atoms with van der Waals surface area (Å²) in [5.74, 6) is 1.35. The molecule has 2 heterocycles. The maximum atomic E-state index is 6.18. The van der Waals surface area contributed by atoms with Crippen molar-refractivity contribution in [2.75, 3.05) is 23.8 Å². The van der Waals surface area contributed by atoms with Gasteiger partial charge in [-0.2, -0.15) is 4.98 Å². The van der Waals surface area contributed by atoms with E-state index in [9.17, 15) is 0 Å². The van der Waals surface area contributed by atoms with Crippen molar-refractivity contribution in [3.8, 4) is 0 Å². The van der Waals surface area contributed by atoms with Gasteiger partial charge in [-0.25, -0.2) is 4.98 Å². The Hall–Kier alpha value is -1.33. The second kappa shape index (κ2) is 6.02. The van der Waals surface area contributed by atoms with Gasteiger partial charge in [0.15, 0.2) is 5.82 Å². The molecule has 0 spiro atoms. The van der Waals surface area contributed by atoms with Crippen molar-refractivity contribution in [2.45, 2.75) is 13.5 Å². The Kier molecular flexibility index (Phi) is 4.38. The Morgan fingerprint density at radius 3 is 2.94 bits per heavy atom. The molecule has 0 bridgehead atoms. The number of nitrogens with one attached hydrogen (secondary N) is 1. The maximum absolute atomic E-state index is 6.18. The molecule has 0 saturated carbocycles. The zero-order chi connectivity index (χ0) is 13.0. The van der Waals surface area contributed by atoms with Crippen molar-refractivity contribution >= 4 is 34.7 Å². The fourth-order valence-electron chi connectivity index (χ4n) is 1.63. The predicted octanol–water partition coefficient (Wildman–Crippen LogP) is 3.26. The third-order valence-electron chi connectivity index (χ3n) is 2.56. The predicted molar refractivity (Wildman–Crippen MR) is 77.6 cm³/mol. The van der Waals surface area contributed by atoms with Gasteiger partial charge in [0.1, 0.15) is 5.02 Å². The number of rotatable bonds is 5. The highest BCUT2D eigenvalue weighted by Crippen LogP contribution is 2.25. The minimum absolute atomic E-state index is 0.576. The van der Waals surface area contributed by atoms with E-state index in [4.69, 9.17) is 11.6 Å². The number of thiophene rings is 1. The summed E-state index contributed by atoms with van der Waals surface area (Å²) < 4.78 is 0. The molecule has 0 atom stereocenters. The lowest BCUT2D eigenvalue weighted by atomic mass is 10.4. The molecule has 4 nitrogen and oxygen atoms in total. The lowest BCUT2D eigenvalue weighted by Crippen LogP contribution is -2.23. The fourth-order valence-corrected chi connectivity index (χ4v) is 2.56. The first-order chi connectivity index (χ1) is 8.74. The highest BCUT2D eigenvalue weighted by molar-refractivity contribution is 7.09. The third kappa shape index (κ3) is 2.91. The molecular weight excluding hydrogens is 268 g/mol. The van der Waals surface area contributed by atoms with Crippen LogP contribution in [-0.2, 0) is 6.54 Å². The topological polar surface area (TPSA) is 41.1 Å². The second-order valence-corrected chi connectivity index (χ2v) is 5.15. The van der Waals surface area contributed by atoms with Crippen molar-refractivity contribution in [1.29, 1.82) is 0 Å². The Morgan fingerprint density at radius 1 is 1.50 bits per heavy atom. The van der Waals surface area contributed by atoms with E-state index in [-0.39, 0.29) is 0 Å². The van der Waals surface area contributed by atoms with Crippen LogP contribution in [-0.4, -0.2) is 23.6 Å². The van der Waals surface area contributed by atoms with Crippen LogP contribution in [0.4, 0.5) is 11.8 Å². The van der Waals surface area contributed by atoms with Crippen LogP contribution >= 0.6 is 22.9 Å². The summed E-state index contributed by atoms with van der Waals surface area (Å²) in [4.78, 5) is 11.9. The van der Waals surface area contributed by atoms with Crippen molar-refractivity contribution in [2.24, 2.45) is 0 Å². The zero-order valence-electron chi connectivity index (χ0n) is 10.4. The standard InChI is InChI=1S/C12H15ClN4S/c1-3-17(8-9-5-4-6-18-9)11-10(13)7-15-12(14-2)16-11/h4-7H,3,8H2,1-2H3,(H,14,15,16). The average molecular weight is 283 g/mol. The normalized spacial score (nSPS) is 10.4. The van der Waals surface area contributed by atoms with Crippen molar-refractivity contribution in [3.05, 3.63) is 33.6 Å². The quantitative estimate of drug-likeness (QED) is 0.914. The van der Waals surface area contributed by atoms with E-state index in [0.29, 0.717) is 11.0 Å². The monoisotopic (exact) mass is 282 g/mol. The molecule has 0 radical (unpaired) electrons. The highest BCUT2D eigenvalue weighted by Gasteiger charge is 2.13. The summed E-state index contributed by atoms with van der Waals surface area (Å²) in [7, 11) is 1.79. The van der Waals surface area contributed by atoms with Crippen molar-refractivity contribution < 1.29 is 0 Å². The van der Waals surface area contributed by atoms with Gasteiger partial charge in [0.2, 0.25) is 5.95 Å². The number of hydrogen-bond donors (Lipinski definition) is 1. The van der Waals surface area contributed by atoms with Crippen LogP contribution in [0.3, 0.4) is 0 Å². The summed E-state index contributed by atoms with van der Waals surface area (Å²) in [5.41, 5.74) is 0. The smallest absolute Gasteiger partial charge is 0.224 e. The summed E-state index contributed by atoms with van der Waals surface area (Å²) in [6.07, 6.45) is 1.63. The molecule has 2 rings (SSSR count). The Bertz CT molecular complexity index is 501. The van der Waals surface area contributed by atoms with Crippen LogP contribution in [0.1, 0.15) is 11.8 Å². The van der Waals surface area contributed by atoms with Crippen LogP contribution in [0.2, 0.25) is 5.02 Å². The molecule has 0 fully saturated rings. The van der Waals surface area contributed by atoms with E-state index < -0.39 is 0 Å². The minimum atomic E-state index is 0.576. The third-order valence-corrected chi connectivity index (χ3v) is 3.69. The molecule has 0 saturated heterocycles.